The average Bonchev–Trinajstić information content (AvgIpc) is 2.66. The smallest absolute Gasteiger partial charge is 0.270 e. The Bertz CT molecular complexity index is 837. The number of sulfonamides is 1. The lowest BCUT2D eigenvalue weighted by Crippen LogP contribution is -2.38. The van der Waals surface area contributed by atoms with Gasteiger partial charge in [0, 0.05) is 24.7 Å². The van der Waals surface area contributed by atoms with Crippen LogP contribution in [-0.2, 0) is 10.0 Å². The molecule has 0 aliphatic carbocycles. The summed E-state index contributed by atoms with van der Waals surface area (Å²) < 4.78 is 27.8. The van der Waals surface area contributed by atoms with Gasteiger partial charge in [-0.1, -0.05) is 50.2 Å². The number of nitro groups is 1. The molecule has 7 nitrogen and oxygen atoms in total. The van der Waals surface area contributed by atoms with Crippen LogP contribution < -0.4 is 4.72 Å². The molecule has 0 saturated carbocycles. The summed E-state index contributed by atoms with van der Waals surface area (Å²) in [7, 11) is -3.85. The minimum Gasteiger partial charge on any atom is -0.296 e. The van der Waals surface area contributed by atoms with Crippen LogP contribution in [0.4, 0.5) is 5.69 Å². The Hall–Kier alpha value is -2.29. The monoisotopic (exact) mass is 377 g/mol. The van der Waals surface area contributed by atoms with E-state index in [0.717, 1.165) is 24.7 Å². The van der Waals surface area contributed by atoms with Gasteiger partial charge in [0.2, 0.25) is 10.0 Å². The highest BCUT2D eigenvalue weighted by molar-refractivity contribution is 7.89. The third-order valence-electron chi connectivity index (χ3n) is 4.24. The van der Waals surface area contributed by atoms with Gasteiger partial charge in [-0.05, 0) is 24.7 Å². The van der Waals surface area contributed by atoms with Crippen LogP contribution in [0.3, 0.4) is 0 Å². The van der Waals surface area contributed by atoms with E-state index in [4.69, 9.17) is 0 Å². The molecule has 0 amide bonds. The second-order valence-electron chi connectivity index (χ2n) is 5.75. The molecule has 26 heavy (non-hydrogen) atoms. The fraction of sp³-hybridized carbons (Fsp3) is 0.333. The molecule has 2 aromatic carbocycles. The molecule has 8 heteroatoms. The highest BCUT2D eigenvalue weighted by Crippen LogP contribution is 2.21. The molecule has 1 atom stereocenters. The number of nitro benzene ring substituents is 1. The Morgan fingerprint density at radius 1 is 1.08 bits per heavy atom. The van der Waals surface area contributed by atoms with Crippen molar-refractivity contribution in [3.05, 3.63) is 70.3 Å². The van der Waals surface area contributed by atoms with Gasteiger partial charge in [0.25, 0.3) is 5.69 Å². The molecule has 2 aromatic rings. The van der Waals surface area contributed by atoms with E-state index in [1.807, 2.05) is 44.2 Å². The second-order valence-corrected chi connectivity index (χ2v) is 7.52. The lowest BCUT2D eigenvalue weighted by Gasteiger charge is -2.30. The van der Waals surface area contributed by atoms with E-state index < -0.39 is 14.9 Å². The van der Waals surface area contributed by atoms with Gasteiger partial charge in [-0.25, -0.2) is 13.1 Å². The van der Waals surface area contributed by atoms with Gasteiger partial charge in [-0.15, -0.1) is 0 Å². The highest BCUT2D eigenvalue weighted by Gasteiger charge is 2.23. The van der Waals surface area contributed by atoms with Crippen molar-refractivity contribution in [1.82, 2.24) is 9.62 Å². The SMILES string of the molecule is CCN(CC)C(CNS(=O)(=O)c1cccc([N+](=O)[O-])c1)c1ccccc1. The molecule has 1 N–H and O–H groups in total. The van der Waals surface area contributed by atoms with Gasteiger partial charge < -0.3 is 0 Å². The van der Waals surface area contributed by atoms with E-state index in [0.29, 0.717) is 0 Å². The van der Waals surface area contributed by atoms with E-state index in [9.17, 15) is 18.5 Å². The summed E-state index contributed by atoms with van der Waals surface area (Å²) in [6.07, 6.45) is 0. The maximum Gasteiger partial charge on any atom is 0.270 e. The molecule has 0 aliphatic heterocycles. The first-order valence-electron chi connectivity index (χ1n) is 8.42. The summed E-state index contributed by atoms with van der Waals surface area (Å²) in [4.78, 5) is 12.3. The lowest BCUT2D eigenvalue weighted by atomic mass is 10.1. The number of hydrogen-bond acceptors (Lipinski definition) is 5. The molecule has 140 valence electrons. The first-order valence-corrected chi connectivity index (χ1v) is 9.90. The van der Waals surface area contributed by atoms with E-state index in [2.05, 4.69) is 9.62 Å². The Morgan fingerprint density at radius 3 is 2.31 bits per heavy atom. The van der Waals surface area contributed by atoms with Crippen LogP contribution in [0.25, 0.3) is 0 Å². The Kier molecular flexibility index (Phi) is 6.84. The molecule has 0 aliphatic rings. The quantitative estimate of drug-likeness (QED) is 0.536. The molecule has 0 radical (unpaired) electrons. The zero-order valence-corrected chi connectivity index (χ0v) is 15.6. The highest BCUT2D eigenvalue weighted by atomic mass is 32.2. The summed E-state index contributed by atoms with van der Waals surface area (Å²) in [5.74, 6) is 0. The van der Waals surface area contributed by atoms with E-state index in [1.54, 1.807) is 0 Å². The number of benzene rings is 2. The second kappa shape index (κ2) is 8.88. The van der Waals surface area contributed by atoms with Crippen LogP contribution in [0, 0.1) is 10.1 Å². The number of non-ortho nitro benzene ring substituents is 1. The van der Waals surface area contributed by atoms with Gasteiger partial charge in [0.15, 0.2) is 0 Å². The van der Waals surface area contributed by atoms with Crippen molar-refractivity contribution in [1.29, 1.82) is 0 Å². The predicted octanol–water partition coefficient (Wildman–Crippen LogP) is 2.96. The van der Waals surface area contributed by atoms with Crippen LogP contribution in [0.5, 0.6) is 0 Å². The van der Waals surface area contributed by atoms with Crippen molar-refractivity contribution in [3.63, 3.8) is 0 Å². The summed E-state index contributed by atoms with van der Waals surface area (Å²) in [6, 6.07) is 14.6. The fourth-order valence-corrected chi connectivity index (χ4v) is 3.91. The van der Waals surface area contributed by atoms with Gasteiger partial charge in [0.05, 0.1) is 9.82 Å². The predicted molar refractivity (Wildman–Crippen MR) is 100 cm³/mol. The summed E-state index contributed by atoms with van der Waals surface area (Å²) in [5, 5.41) is 10.9. The maximum absolute atomic E-state index is 12.6. The van der Waals surface area contributed by atoms with Crippen LogP contribution in [0.15, 0.2) is 59.5 Å². The van der Waals surface area contributed by atoms with Crippen LogP contribution >= 0.6 is 0 Å². The Morgan fingerprint density at radius 2 is 1.73 bits per heavy atom. The van der Waals surface area contributed by atoms with Gasteiger partial charge in [-0.3, -0.25) is 15.0 Å². The first kappa shape index (κ1) is 20.0. The van der Waals surface area contributed by atoms with Gasteiger partial charge in [-0.2, -0.15) is 0 Å². The van der Waals surface area contributed by atoms with Crippen molar-refractivity contribution in [2.45, 2.75) is 24.8 Å². The molecular weight excluding hydrogens is 354 g/mol. The Labute approximate surface area is 153 Å². The van der Waals surface area contributed by atoms with Crippen molar-refractivity contribution in [2.24, 2.45) is 0 Å². The average molecular weight is 377 g/mol. The Balaban J connectivity index is 2.24. The fourth-order valence-electron chi connectivity index (χ4n) is 2.83. The number of rotatable bonds is 9. The molecule has 0 aromatic heterocycles. The third kappa shape index (κ3) is 4.87. The van der Waals surface area contributed by atoms with E-state index in [-0.39, 0.29) is 23.2 Å². The zero-order chi connectivity index (χ0) is 19.2. The number of nitrogens with zero attached hydrogens (tertiary/aromatic N) is 2. The number of likely N-dealkylation sites (N-methyl/N-ethyl adjacent to an activating group) is 1. The summed E-state index contributed by atoms with van der Waals surface area (Å²) in [6.45, 7) is 5.77. The van der Waals surface area contributed by atoms with Gasteiger partial charge in [0.1, 0.15) is 0 Å². The molecule has 1 unspecified atom stereocenters. The van der Waals surface area contributed by atoms with E-state index in [1.165, 1.54) is 18.2 Å². The van der Waals surface area contributed by atoms with Crippen molar-refractivity contribution >= 4 is 15.7 Å². The maximum atomic E-state index is 12.6. The number of nitrogens with one attached hydrogen (secondary N) is 1. The molecule has 0 saturated heterocycles. The lowest BCUT2D eigenvalue weighted by molar-refractivity contribution is -0.385. The van der Waals surface area contributed by atoms with Crippen LogP contribution in [-0.4, -0.2) is 37.9 Å². The van der Waals surface area contributed by atoms with Crippen molar-refractivity contribution in [3.8, 4) is 0 Å². The molecule has 2 rings (SSSR count). The van der Waals surface area contributed by atoms with Crippen LogP contribution in [0.2, 0.25) is 0 Å². The topological polar surface area (TPSA) is 92.6 Å². The zero-order valence-electron chi connectivity index (χ0n) is 14.8. The summed E-state index contributed by atoms with van der Waals surface area (Å²) >= 11 is 0. The first-order chi connectivity index (χ1) is 12.4. The molecule has 0 bridgehead atoms. The standard InChI is InChI=1S/C18H23N3O4S/c1-3-20(4-2)18(15-9-6-5-7-10-15)14-19-26(24,25)17-12-8-11-16(13-17)21(22)23/h5-13,18-19H,3-4,14H2,1-2H3. The molecule has 0 fully saturated rings. The minimum atomic E-state index is -3.85. The minimum absolute atomic E-state index is 0.113. The summed E-state index contributed by atoms with van der Waals surface area (Å²) in [5.41, 5.74) is 0.758. The van der Waals surface area contributed by atoms with Gasteiger partial charge >= 0.3 is 0 Å². The molecule has 0 spiro atoms. The molecular formula is C18H23N3O4S. The molecule has 0 heterocycles. The normalized spacial score (nSPS) is 12.9. The van der Waals surface area contributed by atoms with E-state index >= 15 is 0 Å². The third-order valence-corrected chi connectivity index (χ3v) is 5.66. The van der Waals surface area contributed by atoms with Crippen molar-refractivity contribution < 1.29 is 13.3 Å². The largest absolute Gasteiger partial charge is 0.296 e. The number of hydrogen-bond donors (Lipinski definition) is 1. The van der Waals surface area contributed by atoms with Crippen molar-refractivity contribution in [2.75, 3.05) is 19.6 Å². The van der Waals surface area contributed by atoms with Crippen LogP contribution in [0.1, 0.15) is 25.5 Å².